The summed E-state index contributed by atoms with van der Waals surface area (Å²) in [4.78, 5) is 12.6. The number of carbonyl (C=O) groups is 1. The largest absolute Gasteiger partial charge is 0.504 e. The Morgan fingerprint density at radius 1 is 1.00 bits per heavy atom. The standard InChI is InChI=1S/C23H13N3O3/c24-12-17(23(28)25-14-8-2-1-3-9-14)21(27)20-19-15-10-4-6-13-7-5-11-16(18(13)15)22(19)29-26-20/h1-11,27H,(H,25,28). The van der Waals surface area contributed by atoms with Crippen LogP contribution >= 0.6 is 0 Å². The fourth-order valence-corrected chi connectivity index (χ4v) is 3.67. The first-order valence-electron chi connectivity index (χ1n) is 8.91. The van der Waals surface area contributed by atoms with Gasteiger partial charge in [-0.15, -0.1) is 0 Å². The Kier molecular flexibility index (Phi) is 3.68. The van der Waals surface area contributed by atoms with Crippen molar-refractivity contribution in [3.8, 4) is 28.5 Å². The molecule has 1 amide bonds. The molecule has 5 rings (SSSR count). The summed E-state index contributed by atoms with van der Waals surface area (Å²) < 4.78 is 5.51. The molecule has 3 aromatic carbocycles. The van der Waals surface area contributed by atoms with E-state index in [1.54, 1.807) is 30.3 Å². The molecular weight excluding hydrogens is 366 g/mol. The summed E-state index contributed by atoms with van der Waals surface area (Å²) in [5.41, 5.74) is 2.44. The summed E-state index contributed by atoms with van der Waals surface area (Å²) >= 11 is 0. The van der Waals surface area contributed by atoms with Gasteiger partial charge in [0.1, 0.15) is 6.07 Å². The fraction of sp³-hybridized carbons (Fsp3) is 0. The minimum atomic E-state index is -0.721. The number of anilines is 1. The zero-order valence-electron chi connectivity index (χ0n) is 15.0. The highest BCUT2D eigenvalue weighted by Crippen LogP contribution is 2.49. The Balaban J connectivity index is 1.63. The molecule has 0 radical (unpaired) electrons. The molecule has 1 aliphatic carbocycles. The zero-order valence-corrected chi connectivity index (χ0v) is 15.0. The van der Waals surface area contributed by atoms with Crippen molar-refractivity contribution < 1.29 is 14.4 Å². The first-order valence-corrected chi connectivity index (χ1v) is 8.91. The van der Waals surface area contributed by atoms with Gasteiger partial charge >= 0.3 is 0 Å². The van der Waals surface area contributed by atoms with Gasteiger partial charge in [0, 0.05) is 16.6 Å². The Morgan fingerprint density at radius 3 is 2.45 bits per heavy atom. The summed E-state index contributed by atoms with van der Waals surface area (Å²) in [6.07, 6.45) is 0. The fourth-order valence-electron chi connectivity index (χ4n) is 3.67. The zero-order chi connectivity index (χ0) is 20.0. The SMILES string of the molecule is N#CC(C(=O)Nc1ccccc1)=C(O)c1noc2c1-c1cccc3cccc-2c13. The lowest BCUT2D eigenvalue weighted by molar-refractivity contribution is -0.112. The van der Waals surface area contributed by atoms with Crippen LogP contribution in [0.4, 0.5) is 5.69 Å². The molecule has 1 aliphatic rings. The van der Waals surface area contributed by atoms with Gasteiger partial charge in [0.25, 0.3) is 5.91 Å². The number of para-hydroxylation sites is 1. The van der Waals surface area contributed by atoms with Crippen molar-refractivity contribution in [1.82, 2.24) is 5.16 Å². The minimum absolute atomic E-state index is 0.0726. The second kappa shape index (κ2) is 6.36. The number of nitrogens with one attached hydrogen (secondary N) is 1. The number of fused-ring (bicyclic) bond motifs is 3. The third-order valence-electron chi connectivity index (χ3n) is 4.94. The van der Waals surface area contributed by atoms with Gasteiger partial charge in [-0.1, -0.05) is 59.8 Å². The lowest BCUT2D eigenvalue weighted by Gasteiger charge is -2.06. The van der Waals surface area contributed by atoms with E-state index in [0.29, 0.717) is 17.0 Å². The summed E-state index contributed by atoms with van der Waals surface area (Å²) in [7, 11) is 0. The van der Waals surface area contributed by atoms with Gasteiger partial charge in [-0.3, -0.25) is 4.79 Å². The van der Waals surface area contributed by atoms with E-state index >= 15 is 0 Å². The molecule has 6 nitrogen and oxygen atoms in total. The predicted octanol–water partition coefficient (Wildman–Crippen LogP) is 4.91. The highest BCUT2D eigenvalue weighted by Gasteiger charge is 2.32. The topological polar surface area (TPSA) is 99.2 Å². The number of aliphatic hydroxyl groups is 1. The summed E-state index contributed by atoms with van der Waals surface area (Å²) in [6.45, 7) is 0. The number of aliphatic hydroxyl groups excluding tert-OH is 1. The van der Waals surface area contributed by atoms with E-state index < -0.39 is 17.2 Å². The molecule has 1 heterocycles. The maximum atomic E-state index is 12.6. The molecular formula is C23H13N3O3. The molecule has 0 saturated heterocycles. The summed E-state index contributed by atoms with van der Waals surface area (Å²) in [6, 6.07) is 22.1. The predicted molar refractivity (Wildman–Crippen MR) is 109 cm³/mol. The van der Waals surface area contributed by atoms with Gasteiger partial charge in [0.05, 0.1) is 5.56 Å². The first kappa shape index (κ1) is 16.8. The highest BCUT2D eigenvalue weighted by atomic mass is 16.5. The number of rotatable bonds is 3. The maximum absolute atomic E-state index is 12.6. The maximum Gasteiger partial charge on any atom is 0.270 e. The van der Waals surface area contributed by atoms with Crippen LogP contribution in [-0.2, 0) is 4.79 Å². The van der Waals surface area contributed by atoms with Gasteiger partial charge in [0.15, 0.2) is 22.8 Å². The second-order valence-electron chi connectivity index (χ2n) is 6.60. The van der Waals surface area contributed by atoms with Crippen LogP contribution in [0.2, 0.25) is 0 Å². The monoisotopic (exact) mass is 379 g/mol. The van der Waals surface area contributed by atoms with Crippen LogP contribution < -0.4 is 5.32 Å². The van der Waals surface area contributed by atoms with Gasteiger partial charge in [-0.05, 0) is 23.1 Å². The number of aromatic nitrogens is 1. The quantitative estimate of drug-likeness (QED) is 0.264. The summed E-state index contributed by atoms with van der Waals surface area (Å²) in [5, 5.41) is 28.9. The molecule has 138 valence electrons. The van der Waals surface area contributed by atoms with Crippen LogP contribution in [0.3, 0.4) is 0 Å². The van der Waals surface area contributed by atoms with Crippen LogP contribution in [0.25, 0.3) is 39.0 Å². The Morgan fingerprint density at radius 2 is 1.72 bits per heavy atom. The Bertz CT molecular complexity index is 1360. The van der Waals surface area contributed by atoms with Gasteiger partial charge in [0.2, 0.25) is 0 Å². The number of benzene rings is 3. The first-order chi connectivity index (χ1) is 14.2. The number of amides is 1. The number of nitriles is 1. The van der Waals surface area contributed by atoms with E-state index in [1.165, 1.54) is 0 Å². The Hall–Kier alpha value is -4.37. The lowest BCUT2D eigenvalue weighted by Crippen LogP contribution is -2.15. The molecule has 0 saturated carbocycles. The van der Waals surface area contributed by atoms with Crippen LogP contribution in [-0.4, -0.2) is 16.2 Å². The van der Waals surface area contributed by atoms with Crippen molar-refractivity contribution >= 4 is 28.1 Å². The number of hydrogen-bond acceptors (Lipinski definition) is 5. The molecule has 0 spiro atoms. The molecule has 0 fully saturated rings. The van der Waals surface area contributed by atoms with Crippen molar-refractivity contribution in [2.24, 2.45) is 0 Å². The smallest absolute Gasteiger partial charge is 0.270 e. The minimum Gasteiger partial charge on any atom is -0.504 e. The third kappa shape index (κ3) is 2.49. The molecule has 0 aliphatic heterocycles. The second-order valence-corrected chi connectivity index (χ2v) is 6.60. The highest BCUT2D eigenvalue weighted by molar-refractivity contribution is 6.17. The molecule has 4 aromatic rings. The number of hydrogen-bond donors (Lipinski definition) is 2. The molecule has 0 atom stereocenters. The van der Waals surface area contributed by atoms with Crippen LogP contribution in [0.15, 0.2) is 76.8 Å². The van der Waals surface area contributed by atoms with E-state index in [2.05, 4.69) is 10.5 Å². The van der Waals surface area contributed by atoms with Gasteiger partial charge in [-0.2, -0.15) is 5.26 Å². The molecule has 2 N–H and O–H groups in total. The van der Waals surface area contributed by atoms with Gasteiger partial charge < -0.3 is 14.9 Å². The van der Waals surface area contributed by atoms with Crippen molar-refractivity contribution in [1.29, 1.82) is 5.26 Å². The molecule has 6 heteroatoms. The molecule has 1 aromatic heterocycles. The van der Waals surface area contributed by atoms with E-state index in [-0.39, 0.29) is 5.69 Å². The third-order valence-corrected chi connectivity index (χ3v) is 4.94. The van der Waals surface area contributed by atoms with Gasteiger partial charge in [-0.25, -0.2) is 0 Å². The number of carbonyl (C=O) groups excluding carboxylic acids is 1. The average molecular weight is 379 g/mol. The van der Waals surface area contributed by atoms with Crippen molar-refractivity contribution in [3.05, 3.63) is 78.0 Å². The average Bonchev–Trinajstić information content (AvgIpc) is 3.31. The lowest BCUT2D eigenvalue weighted by atomic mass is 10.0. The van der Waals surface area contributed by atoms with Crippen molar-refractivity contribution in [2.75, 3.05) is 5.32 Å². The van der Waals surface area contributed by atoms with E-state index in [0.717, 1.165) is 21.9 Å². The van der Waals surface area contributed by atoms with Crippen LogP contribution in [0.5, 0.6) is 0 Å². The molecule has 0 unspecified atom stereocenters. The van der Waals surface area contributed by atoms with Crippen molar-refractivity contribution in [2.45, 2.75) is 0 Å². The van der Waals surface area contributed by atoms with E-state index in [4.69, 9.17) is 4.52 Å². The van der Waals surface area contributed by atoms with Crippen LogP contribution in [0.1, 0.15) is 5.69 Å². The van der Waals surface area contributed by atoms with E-state index in [1.807, 2.05) is 42.5 Å². The van der Waals surface area contributed by atoms with E-state index in [9.17, 15) is 15.2 Å². The summed E-state index contributed by atoms with van der Waals surface area (Å²) in [5.74, 6) is -0.725. The Labute approximate surface area is 165 Å². The molecule has 0 bridgehead atoms. The number of nitrogens with zero attached hydrogens (tertiary/aromatic N) is 2. The normalized spacial score (nSPS) is 12.2. The molecule has 29 heavy (non-hydrogen) atoms. The van der Waals surface area contributed by atoms with Crippen molar-refractivity contribution in [3.63, 3.8) is 0 Å². The van der Waals surface area contributed by atoms with Crippen LogP contribution in [0, 0.1) is 11.3 Å².